The molecule has 0 aliphatic heterocycles. The maximum atomic E-state index is 12.6. The summed E-state index contributed by atoms with van der Waals surface area (Å²) in [4.78, 5) is 24.7. The first-order chi connectivity index (χ1) is 13.3. The number of hydrogen-bond acceptors (Lipinski definition) is 7. The van der Waals surface area contributed by atoms with Crippen LogP contribution in [0.3, 0.4) is 0 Å². The molecule has 2 aromatic heterocycles. The minimum atomic E-state index is -0.373. The zero-order chi connectivity index (χ0) is 20.1. The number of nitrogens with one attached hydrogen (secondary N) is 2. The van der Waals surface area contributed by atoms with Crippen LogP contribution in [0.25, 0.3) is 0 Å². The molecule has 2 heterocycles. The largest absolute Gasteiger partial charge is 0.380 e. The maximum absolute atomic E-state index is 12.6. The van der Waals surface area contributed by atoms with Gasteiger partial charge in [0.2, 0.25) is 11.0 Å². The molecule has 4 atom stereocenters. The molecule has 0 radical (unpaired) electrons. The summed E-state index contributed by atoms with van der Waals surface area (Å²) in [5.41, 5.74) is 2.28. The molecule has 10 heteroatoms. The van der Waals surface area contributed by atoms with Crippen molar-refractivity contribution < 1.29 is 4.79 Å². The molecule has 150 valence electrons. The highest BCUT2D eigenvalue weighted by atomic mass is 79.9. The van der Waals surface area contributed by atoms with Crippen LogP contribution in [0, 0.1) is 23.2 Å². The molecular formula is C18H23BrN6O2S. The predicted molar refractivity (Wildman–Crippen MR) is 111 cm³/mol. The van der Waals surface area contributed by atoms with Crippen LogP contribution in [0.5, 0.6) is 0 Å². The highest BCUT2D eigenvalue weighted by Crippen LogP contribution is 2.61. The zero-order valence-electron chi connectivity index (χ0n) is 16.0. The van der Waals surface area contributed by atoms with Crippen molar-refractivity contribution in [2.45, 2.75) is 46.2 Å². The van der Waals surface area contributed by atoms with Gasteiger partial charge in [-0.2, -0.15) is 5.10 Å². The van der Waals surface area contributed by atoms with Gasteiger partial charge in [0.05, 0.1) is 11.9 Å². The van der Waals surface area contributed by atoms with Gasteiger partial charge in [0.15, 0.2) is 0 Å². The molecule has 28 heavy (non-hydrogen) atoms. The lowest BCUT2D eigenvalue weighted by atomic mass is 9.45. The third-order valence-electron chi connectivity index (χ3n) is 6.58. The van der Waals surface area contributed by atoms with Crippen LogP contribution >= 0.6 is 27.3 Å². The van der Waals surface area contributed by atoms with Crippen LogP contribution in [0.15, 0.2) is 21.0 Å². The monoisotopic (exact) mass is 466 g/mol. The lowest BCUT2D eigenvalue weighted by molar-refractivity contribution is -0.117. The van der Waals surface area contributed by atoms with E-state index in [9.17, 15) is 9.59 Å². The summed E-state index contributed by atoms with van der Waals surface area (Å²) in [5, 5.41) is 18.1. The smallest absolute Gasteiger partial charge is 0.283 e. The van der Waals surface area contributed by atoms with Crippen molar-refractivity contribution in [3.63, 3.8) is 0 Å². The SMILES string of the molecule is C[C@@H]1[C@H]2C[C@@H](C[C@H]1Nc1cnn(CC(=O)Nc3nncs3)c(=O)c1Br)C2(C)C. The van der Waals surface area contributed by atoms with Crippen molar-refractivity contribution in [2.75, 3.05) is 10.6 Å². The van der Waals surface area contributed by atoms with E-state index >= 15 is 0 Å². The highest BCUT2D eigenvalue weighted by molar-refractivity contribution is 9.10. The minimum absolute atomic E-state index is 0.185. The van der Waals surface area contributed by atoms with Crippen LogP contribution in [-0.2, 0) is 11.3 Å². The van der Waals surface area contributed by atoms with Gasteiger partial charge in [-0.1, -0.05) is 32.1 Å². The Balaban J connectivity index is 1.45. The van der Waals surface area contributed by atoms with Gasteiger partial charge in [0.1, 0.15) is 16.5 Å². The first kappa shape index (κ1) is 19.5. The molecule has 1 amide bonds. The average molecular weight is 467 g/mol. The fraction of sp³-hybridized carbons (Fsp3) is 0.611. The Kier molecular flexibility index (Phi) is 5.03. The number of fused-ring (bicyclic) bond motifs is 2. The Morgan fingerprint density at radius 1 is 1.43 bits per heavy atom. The van der Waals surface area contributed by atoms with Crippen LogP contribution in [0.1, 0.15) is 33.6 Å². The Hall–Kier alpha value is -1.81. The molecule has 3 saturated carbocycles. The number of nitrogens with zero attached hydrogens (tertiary/aromatic N) is 4. The van der Waals surface area contributed by atoms with E-state index in [-0.39, 0.29) is 18.0 Å². The van der Waals surface area contributed by atoms with Gasteiger partial charge in [-0.05, 0) is 51.9 Å². The Morgan fingerprint density at radius 2 is 2.21 bits per heavy atom. The number of carbonyl (C=O) groups is 1. The van der Waals surface area contributed by atoms with E-state index in [1.54, 1.807) is 6.20 Å². The van der Waals surface area contributed by atoms with Crippen molar-refractivity contribution in [3.8, 4) is 0 Å². The Labute approximate surface area is 175 Å². The first-order valence-electron chi connectivity index (χ1n) is 9.35. The molecule has 3 aliphatic carbocycles. The average Bonchev–Trinajstić information content (AvgIpc) is 3.15. The second-order valence-corrected chi connectivity index (χ2v) is 9.96. The third-order valence-corrected chi connectivity index (χ3v) is 7.95. The van der Waals surface area contributed by atoms with Gasteiger partial charge >= 0.3 is 0 Å². The van der Waals surface area contributed by atoms with Gasteiger partial charge in [-0.25, -0.2) is 4.68 Å². The number of halogens is 1. The van der Waals surface area contributed by atoms with E-state index in [0.717, 1.165) is 17.0 Å². The molecule has 0 spiro atoms. The zero-order valence-corrected chi connectivity index (χ0v) is 18.4. The predicted octanol–water partition coefficient (Wildman–Crippen LogP) is 2.98. The van der Waals surface area contributed by atoms with Gasteiger partial charge in [-0.3, -0.25) is 14.9 Å². The van der Waals surface area contributed by atoms with E-state index in [2.05, 4.69) is 62.6 Å². The molecule has 3 aliphatic rings. The van der Waals surface area contributed by atoms with E-state index in [4.69, 9.17) is 0 Å². The number of amides is 1. The highest BCUT2D eigenvalue weighted by Gasteiger charge is 2.56. The summed E-state index contributed by atoms with van der Waals surface area (Å²) in [6, 6.07) is 0.325. The summed E-state index contributed by atoms with van der Waals surface area (Å²) in [6.45, 7) is 6.84. The molecule has 0 saturated heterocycles. The fourth-order valence-corrected chi connectivity index (χ4v) is 5.62. The van der Waals surface area contributed by atoms with Gasteiger partial charge in [0, 0.05) is 6.04 Å². The van der Waals surface area contributed by atoms with Crippen LogP contribution < -0.4 is 16.2 Å². The standard InChI is InChI=1S/C18H23BrN6O2S/c1-9-11-4-10(18(11,2)3)5-12(9)22-13-6-21-25(16(27)15(13)19)7-14(26)23-17-24-20-8-28-17/h6,8-12,22H,4-5,7H2,1-3H3,(H,23,24,26)/t9-,10+,11-,12-/m1/s1. The number of anilines is 2. The van der Waals surface area contributed by atoms with Crippen molar-refractivity contribution in [1.29, 1.82) is 0 Å². The Bertz CT molecular complexity index is 944. The number of rotatable bonds is 5. The van der Waals surface area contributed by atoms with E-state index in [1.807, 2.05) is 0 Å². The van der Waals surface area contributed by atoms with Gasteiger partial charge in [0.25, 0.3) is 5.56 Å². The summed E-state index contributed by atoms with van der Waals surface area (Å²) in [7, 11) is 0. The molecule has 8 nitrogen and oxygen atoms in total. The van der Waals surface area contributed by atoms with E-state index < -0.39 is 0 Å². The summed E-state index contributed by atoms with van der Waals surface area (Å²) in [5.74, 6) is 1.59. The van der Waals surface area contributed by atoms with Crippen molar-refractivity contribution in [2.24, 2.45) is 23.2 Å². The topological polar surface area (TPSA) is 102 Å². The fourth-order valence-electron chi connectivity index (χ4n) is 4.74. The van der Waals surface area contributed by atoms with E-state index in [1.165, 1.54) is 23.3 Å². The van der Waals surface area contributed by atoms with Crippen LogP contribution in [0.4, 0.5) is 10.8 Å². The van der Waals surface area contributed by atoms with Gasteiger partial charge < -0.3 is 5.32 Å². The van der Waals surface area contributed by atoms with Gasteiger partial charge in [-0.15, -0.1) is 10.2 Å². The van der Waals surface area contributed by atoms with Crippen molar-refractivity contribution >= 4 is 44.0 Å². The normalized spacial score (nSPS) is 27.7. The molecule has 5 rings (SSSR count). The second-order valence-electron chi connectivity index (χ2n) is 8.33. The molecule has 0 aromatic carbocycles. The lowest BCUT2D eigenvalue weighted by Gasteiger charge is -2.62. The molecule has 2 aromatic rings. The van der Waals surface area contributed by atoms with E-state index in [0.29, 0.717) is 38.6 Å². The Morgan fingerprint density at radius 3 is 2.86 bits per heavy atom. The lowest BCUT2D eigenvalue weighted by Crippen LogP contribution is -2.58. The van der Waals surface area contributed by atoms with Crippen molar-refractivity contribution in [3.05, 3.63) is 26.5 Å². The summed E-state index contributed by atoms with van der Waals surface area (Å²) < 4.78 is 1.54. The maximum Gasteiger partial charge on any atom is 0.283 e. The molecular weight excluding hydrogens is 444 g/mol. The molecule has 2 N–H and O–H groups in total. The number of carbonyl (C=O) groups excluding carboxylic acids is 1. The third kappa shape index (κ3) is 3.36. The molecule has 3 fully saturated rings. The first-order valence-corrected chi connectivity index (χ1v) is 11.0. The van der Waals surface area contributed by atoms with Crippen LogP contribution in [-0.4, -0.2) is 31.9 Å². The van der Waals surface area contributed by atoms with Crippen LogP contribution in [0.2, 0.25) is 0 Å². The minimum Gasteiger partial charge on any atom is -0.380 e. The number of aromatic nitrogens is 4. The molecule has 2 bridgehead atoms. The second kappa shape index (κ2) is 7.22. The quantitative estimate of drug-likeness (QED) is 0.701. The summed E-state index contributed by atoms with van der Waals surface area (Å²) >= 11 is 4.60. The summed E-state index contributed by atoms with van der Waals surface area (Å²) in [6.07, 6.45) is 4.02. The van der Waals surface area contributed by atoms with Crippen molar-refractivity contribution in [1.82, 2.24) is 20.0 Å². The molecule has 0 unspecified atom stereocenters. The number of hydrogen-bond donors (Lipinski definition) is 2.